The molecule has 9 aromatic heterocycles. The largest absolute Gasteiger partial charge is 0.420 e. The van der Waals surface area contributed by atoms with Crippen molar-refractivity contribution in [2.45, 2.75) is 88.3 Å². The van der Waals surface area contributed by atoms with Crippen LogP contribution in [0.1, 0.15) is 161 Å². The maximum Gasteiger partial charge on any atom is 0.261 e. The second-order valence-electron chi connectivity index (χ2n) is 26.0. The van der Waals surface area contributed by atoms with Gasteiger partial charge in [-0.05, 0) is 121 Å². The standard InChI is InChI=1S/C27H20F2N4O3.C26H21F2N5O3.C26H20F2N4O4/c28-20-7-5-16(13-21(20)29)15-33-12-2-4-19(25(33)35)23(34)14-27(9-10-27)26-32-31-24(36-26)18-6-8-22-17(18)3-1-11-30-22;27-20-7-5-15(11-21(20)28)14-33-10-2-4-19(26(33)35)23(34)12-16(13-29)24-31-32-25(36-24)18-6-8-22-17(18)3-1-9-30-22;27-20-7-5-15(11-21(20)28)13-32-10-2-4-19(26(32)35)23(34)12-16(14-33)24-30-31-25(36-24)18-6-8-22-17(18)3-1-9-29-22/h1-7,11-13H,8-10,14-15H2;1-7,9-11,16H,8,12-14,29H2;1-7,9-11,16,33H,8,12-14H2/t;2*16-/m.11/s1. The van der Waals surface area contributed by atoms with Crippen LogP contribution in [0.3, 0.4) is 0 Å². The Morgan fingerprint density at radius 1 is 0.454 bits per heavy atom. The molecule has 0 aliphatic heterocycles. The van der Waals surface area contributed by atoms with E-state index in [1.807, 2.05) is 54.6 Å². The van der Waals surface area contributed by atoms with Crippen molar-refractivity contribution in [2.75, 3.05) is 13.2 Å². The number of benzene rings is 3. The van der Waals surface area contributed by atoms with E-state index in [1.54, 1.807) is 30.7 Å². The molecule has 0 unspecified atom stereocenters. The molecule has 1 fully saturated rings. The van der Waals surface area contributed by atoms with Crippen LogP contribution < -0.4 is 22.4 Å². The smallest absolute Gasteiger partial charge is 0.261 e. The highest BCUT2D eigenvalue weighted by Gasteiger charge is 2.51. The number of carbonyl (C=O) groups is 3. The average Bonchev–Trinajstić information content (AvgIpc) is 1.59. The topological polar surface area (TPSA) is 319 Å². The Balaban J connectivity index is 0.000000136. The van der Waals surface area contributed by atoms with Gasteiger partial charge in [0.2, 0.25) is 35.3 Å². The average molecular weight is 1470 g/mol. The van der Waals surface area contributed by atoms with Crippen LogP contribution in [0.5, 0.6) is 0 Å². The summed E-state index contributed by atoms with van der Waals surface area (Å²) in [6.45, 7) is -0.434. The first-order chi connectivity index (χ1) is 52.3. The van der Waals surface area contributed by atoms with E-state index in [9.17, 15) is 60.2 Å². The van der Waals surface area contributed by atoms with Gasteiger partial charge < -0.3 is 37.8 Å². The Hall–Kier alpha value is -12.9. The molecule has 4 aliphatic carbocycles. The zero-order valence-electron chi connectivity index (χ0n) is 57.0. The molecule has 9 heterocycles. The summed E-state index contributed by atoms with van der Waals surface area (Å²) in [7, 11) is 0. The highest BCUT2D eigenvalue weighted by molar-refractivity contribution is 5.98. The molecule has 16 rings (SSSR count). The van der Waals surface area contributed by atoms with Gasteiger partial charge in [0.25, 0.3) is 16.7 Å². The van der Waals surface area contributed by atoms with Crippen molar-refractivity contribution in [2.24, 2.45) is 5.73 Å². The first-order valence-corrected chi connectivity index (χ1v) is 34.1. The van der Waals surface area contributed by atoms with E-state index >= 15 is 0 Å². The van der Waals surface area contributed by atoms with E-state index in [-0.39, 0.29) is 85.6 Å². The number of hydrogen-bond acceptors (Lipinski definition) is 20. The number of pyridine rings is 6. The second kappa shape index (κ2) is 31.0. The normalized spacial score (nSPS) is 14.1. The van der Waals surface area contributed by atoms with Crippen LogP contribution in [0.15, 0.2) is 210 Å². The van der Waals surface area contributed by atoms with E-state index in [4.69, 9.17) is 19.0 Å². The molecule has 12 aromatic rings. The summed E-state index contributed by atoms with van der Waals surface area (Å²) in [5, 5.41) is 34.7. The molecule has 0 amide bonds. The molecule has 108 heavy (non-hydrogen) atoms. The number of hydrogen-bond donors (Lipinski definition) is 2. The summed E-state index contributed by atoms with van der Waals surface area (Å²) in [6.07, 6.45) is 18.6. The fraction of sp³-hybridized carbons (Fsp3) is 0.203. The molecule has 4 aliphatic rings. The molecule has 0 bridgehead atoms. The molecular weight excluding hydrogens is 1400 g/mol. The van der Waals surface area contributed by atoms with E-state index in [2.05, 4.69) is 45.5 Å². The number of halogens is 6. The number of Topliss-reactive ketones (excluding diaryl/α,β-unsaturated/α-hetero) is 3. The number of aromatic nitrogens is 12. The number of fused-ring (bicyclic) bond motifs is 3. The van der Waals surface area contributed by atoms with E-state index in [0.29, 0.717) is 66.5 Å². The molecule has 3 N–H and O–H groups in total. The summed E-state index contributed by atoms with van der Waals surface area (Å²) >= 11 is 0. The van der Waals surface area contributed by atoms with E-state index in [1.165, 1.54) is 74.8 Å². The molecule has 0 radical (unpaired) electrons. The van der Waals surface area contributed by atoms with Crippen molar-refractivity contribution in [3.63, 3.8) is 0 Å². The lowest BCUT2D eigenvalue weighted by molar-refractivity contribution is 0.0946. The van der Waals surface area contributed by atoms with Crippen LogP contribution in [-0.4, -0.2) is 94.9 Å². The molecule has 3 aromatic carbocycles. The number of ketones is 3. The number of nitrogens with two attached hydrogens (primary N) is 1. The Labute approximate surface area is 608 Å². The second-order valence-corrected chi connectivity index (χ2v) is 26.0. The molecule has 0 saturated heterocycles. The SMILES string of the molecule is NC[C@@H](CC(=O)c1cccn(Cc2ccc(F)c(F)c2)c1=O)c1nnc(C2=CCc3ncccc32)o1.O=C(CC1(c2nnc(C3=CCc4ncccc43)o2)CC1)c1cccn(Cc2ccc(F)c(F)c2)c1=O.O=C(C[C@H](CO)c1nnc(C2=CCc3ncccc32)o1)c1cccn(Cc2ccc(F)c(F)c2)c1=O. The van der Waals surface area contributed by atoms with Crippen molar-refractivity contribution in [3.05, 3.63) is 351 Å². The maximum absolute atomic E-state index is 13.6. The van der Waals surface area contributed by atoms with Crippen LogP contribution in [0.4, 0.5) is 26.3 Å². The van der Waals surface area contributed by atoms with Gasteiger partial charge in [-0.2, -0.15) is 0 Å². The van der Waals surface area contributed by atoms with Crippen molar-refractivity contribution in [3.8, 4) is 0 Å². The highest BCUT2D eigenvalue weighted by Crippen LogP contribution is 2.51. The summed E-state index contributed by atoms with van der Waals surface area (Å²) in [4.78, 5) is 91.1. The third kappa shape index (κ3) is 15.3. The van der Waals surface area contributed by atoms with Gasteiger partial charge in [-0.25, -0.2) is 26.3 Å². The first-order valence-electron chi connectivity index (χ1n) is 34.1. The molecule has 2 atom stereocenters. The lowest BCUT2D eigenvalue weighted by Crippen LogP contribution is -2.28. The number of aliphatic hydroxyl groups is 1. The highest BCUT2D eigenvalue weighted by atomic mass is 19.2. The summed E-state index contributed by atoms with van der Waals surface area (Å²) in [6, 6.07) is 30.4. The summed E-state index contributed by atoms with van der Waals surface area (Å²) < 4.78 is 102. The van der Waals surface area contributed by atoms with Gasteiger partial charge >= 0.3 is 0 Å². The third-order valence-corrected chi connectivity index (χ3v) is 18.9. The summed E-state index contributed by atoms with van der Waals surface area (Å²) in [5.41, 5.74) is 12.6. The van der Waals surface area contributed by atoms with Gasteiger partial charge in [0.05, 0.1) is 77.3 Å². The lowest BCUT2D eigenvalue weighted by Gasteiger charge is -2.11. The fourth-order valence-electron chi connectivity index (χ4n) is 12.9. The van der Waals surface area contributed by atoms with Gasteiger partial charge in [0.1, 0.15) is 0 Å². The number of aliphatic hydroxyl groups excluding tert-OH is 1. The number of allylic oxidation sites excluding steroid dienone is 3. The predicted octanol–water partition coefficient (Wildman–Crippen LogP) is 10.8. The minimum absolute atomic E-state index is 0.0146. The molecule has 0 spiro atoms. The minimum atomic E-state index is -1.02. The molecule has 29 heteroatoms. The fourth-order valence-corrected chi connectivity index (χ4v) is 12.9. The zero-order valence-corrected chi connectivity index (χ0v) is 57.0. The van der Waals surface area contributed by atoms with Crippen molar-refractivity contribution >= 4 is 34.1 Å². The third-order valence-electron chi connectivity index (χ3n) is 18.9. The lowest BCUT2D eigenvalue weighted by atomic mass is 9.96. The molecular formula is C79H61F6N13O10. The number of rotatable bonds is 23. The maximum atomic E-state index is 13.6. The van der Waals surface area contributed by atoms with Gasteiger partial charge in [0, 0.05) is 116 Å². The van der Waals surface area contributed by atoms with Gasteiger partial charge in [0.15, 0.2) is 52.3 Å². The number of carbonyl (C=O) groups excluding carboxylic acids is 3. The van der Waals surface area contributed by atoms with Gasteiger partial charge in [-0.15, -0.1) is 30.6 Å². The Morgan fingerprint density at radius 2 is 0.824 bits per heavy atom. The Bertz CT molecular complexity index is 5570. The Kier molecular flexibility index (Phi) is 20.7. The van der Waals surface area contributed by atoms with E-state index < -0.39 is 87.0 Å². The predicted molar refractivity (Wildman–Crippen MR) is 376 cm³/mol. The van der Waals surface area contributed by atoms with Crippen molar-refractivity contribution in [1.82, 2.24) is 59.2 Å². The number of nitrogens with zero attached hydrogens (tertiary/aromatic N) is 12. The van der Waals surface area contributed by atoms with E-state index in [0.717, 1.165) is 86.9 Å². The zero-order chi connectivity index (χ0) is 75.3. The minimum Gasteiger partial charge on any atom is -0.420 e. The molecule has 544 valence electrons. The quantitative estimate of drug-likeness (QED) is 0.0444. The van der Waals surface area contributed by atoms with Crippen LogP contribution in [0.25, 0.3) is 16.7 Å². The summed E-state index contributed by atoms with van der Waals surface area (Å²) in [5.74, 6) is -6.99. The van der Waals surface area contributed by atoms with Gasteiger partial charge in [-0.3, -0.25) is 43.7 Å². The monoisotopic (exact) mass is 1470 g/mol. The van der Waals surface area contributed by atoms with Crippen LogP contribution >= 0.6 is 0 Å². The van der Waals surface area contributed by atoms with Crippen LogP contribution in [0, 0.1) is 34.9 Å². The van der Waals surface area contributed by atoms with Crippen LogP contribution in [0.2, 0.25) is 0 Å². The van der Waals surface area contributed by atoms with Crippen molar-refractivity contribution < 1.29 is 59.1 Å². The van der Waals surface area contributed by atoms with Crippen LogP contribution in [-0.2, 0) is 44.3 Å². The molecule has 23 nitrogen and oxygen atoms in total. The van der Waals surface area contributed by atoms with Gasteiger partial charge in [-0.1, -0.05) is 54.6 Å². The first kappa shape index (κ1) is 72.1. The van der Waals surface area contributed by atoms with Crippen molar-refractivity contribution in [1.29, 1.82) is 0 Å². The molecule has 1 saturated carbocycles. The Morgan fingerprint density at radius 3 is 1.20 bits per heavy atom.